The van der Waals surface area contributed by atoms with Crippen molar-refractivity contribution in [3.63, 3.8) is 0 Å². The molecule has 2 aromatic rings. The molecule has 2 rings (SSSR count). The van der Waals surface area contributed by atoms with E-state index in [1.54, 1.807) is 0 Å². The van der Waals surface area contributed by atoms with Crippen molar-refractivity contribution in [1.82, 2.24) is 10.1 Å². The molecule has 1 atom stereocenters. The van der Waals surface area contributed by atoms with E-state index < -0.39 is 0 Å². The van der Waals surface area contributed by atoms with Gasteiger partial charge < -0.3 is 10.3 Å². The van der Waals surface area contributed by atoms with Gasteiger partial charge in [-0.15, -0.1) is 0 Å². The fourth-order valence-electron chi connectivity index (χ4n) is 1.51. The number of nitrogens with two attached hydrogens (primary N) is 1. The Balaban J connectivity index is 2.46. The summed E-state index contributed by atoms with van der Waals surface area (Å²) in [7, 11) is 0. The van der Waals surface area contributed by atoms with Crippen LogP contribution in [-0.4, -0.2) is 10.1 Å². The molecule has 0 spiro atoms. The molecule has 4 nitrogen and oxygen atoms in total. The molecular formula is C12H15N3O. The zero-order chi connectivity index (χ0) is 11.7. The summed E-state index contributed by atoms with van der Waals surface area (Å²) in [6, 6.07) is 5.93. The molecule has 0 aliphatic carbocycles. The quantitative estimate of drug-likeness (QED) is 0.838. The number of hydrogen-bond donors (Lipinski definition) is 1. The third kappa shape index (κ3) is 1.97. The maximum Gasteiger partial charge on any atom is 0.243 e. The standard InChI is InChI=1S/C12H15N3O/c1-7-4-5-8(2)10(6-7)11-14-12(9(3)13)16-15-11/h4-6,9H,13H2,1-3H3/t9-/m0/s1. The molecule has 2 N–H and O–H groups in total. The number of rotatable bonds is 2. The van der Waals surface area contributed by atoms with Crippen LogP contribution in [0.1, 0.15) is 30.0 Å². The smallest absolute Gasteiger partial charge is 0.243 e. The minimum atomic E-state index is -0.230. The molecule has 1 heterocycles. The minimum absolute atomic E-state index is 0.230. The predicted octanol–water partition coefficient (Wildman–Crippen LogP) is 2.37. The van der Waals surface area contributed by atoms with E-state index in [-0.39, 0.29) is 6.04 Å². The number of benzene rings is 1. The molecule has 0 aliphatic heterocycles. The van der Waals surface area contributed by atoms with E-state index >= 15 is 0 Å². The van der Waals surface area contributed by atoms with Gasteiger partial charge in [0.05, 0.1) is 6.04 Å². The van der Waals surface area contributed by atoms with Crippen molar-refractivity contribution in [2.45, 2.75) is 26.8 Å². The molecule has 1 aromatic heterocycles. The lowest BCUT2D eigenvalue weighted by Gasteiger charge is -2.01. The Labute approximate surface area is 94.5 Å². The fourth-order valence-corrected chi connectivity index (χ4v) is 1.51. The van der Waals surface area contributed by atoms with E-state index in [1.165, 1.54) is 5.56 Å². The maximum absolute atomic E-state index is 5.68. The number of hydrogen-bond acceptors (Lipinski definition) is 4. The van der Waals surface area contributed by atoms with Crippen molar-refractivity contribution in [3.8, 4) is 11.4 Å². The average molecular weight is 217 g/mol. The van der Waals surface area contributed by atoms with E-state index in [1.807, 2.05) is 32.9 Å². The largest absolute Gasteiger partial charge is 0.337 e. The Morgan fingerprint density at radius 2 is 2.06 bits per heavy atom. The van der Waals surface area contributed by atoms with Crippen LogP contribution in [0.25, 0.3) is 11.4 Å². The Morgan fingerprint density at radius 3 is 2.69 bits per heavy atom. The van der Waals surface area contributed by atoms with Crippen LogP contribution >= 0.6 is 0 Å². The fraction of sp³-hybridized carbons (Fsp3) is 0.333. The first-order valence-electron chi connectivity index (χ1n) is 5.24. The van der Waals surface area contributed by atoms with Crippen LogP contribution in [0.15, 0.2) is 22.7 Å². The summed E-state index contributed by atoms with van der Waals surface area (Å²) >= 11 is 0. The van der Waals surface area contributed by atoms with E-state index in [0.29, 0.717) is 11.7 Å². The van der Waals surface area contributed by atoms with Gasteiger partial charge in [0.15, 0.2) is 0 Å². The molecule has 84 valence electrons. The van der Waals surface area contributed by atoms with Crippen LogP contribution in [0, 0.1) is 13.8 Å². The first-order chi connectivity index (χ1) is 7.58. The predicted molar refractivity (Wildman–Crippen MR) is 61.8 cm³/mol. The van der Waals surface area contributed by atoms with Gasteiger partial charge in [-0.3, -0.25) is 0 Å². The molecule has 1 aromatic carbocycles. The second-order valence-corrected chi connectivity index (χ2v) is 4.06. The molecule has 4 heteroatoms. The zero-order valence-electron chi connectivity index (χ0n) is 9.69. The summed E-state index contributed by atoms with van der Waals surface area (Å²) in [6.45, 7) is 5.88. The van der Waals surface area contributed by atoms with Gasteiger partial charge >= 0.3 is 0 Å². The van der Waals surface area contributed by atoms with Crippen molar-refractivity contribution in [2.24, 2.45) is 5.73 Å². The highest BCUT2D eigenvalue weighted by atomic mass is 16.5. The van der Waals surface area contributed by atoms with Crippen molar-refractivity contribution in [2.75, 3.05) is 0 Å². The van der Waals surface area contributed by atoms with E-state index in [2.05, 4.69) is 16.2 Å². The number of nitrogens with zero attached hydrogens (tertiary/aromatic N) is 2. The summed E-state index contributed by atoms with van der Waals surface area (Å²) in [4.78, 5) is 4.28. The molecule has 0 unspecified atom stereocenters. The van der Waals surface area contributed by atoms with Gasteiger partial charge in [0.1, 0.15) is 0 Å². The summed E-state index contributed by atoms with van der Waals surface area (Å²) in [6.07, 6.45) is 0. The normalized spacial score (nSPS) is 12.8. The van der Waals surface area contributed by atoms with Crippen LogP contribution in [-0.2, 0) is 0 Å². The zero-order valence-corrected chi connectivity index (χ0v) is 9.69. The topological polar surface area (TPSA) is 64.9 Å². The van der Waals surface area contributed by atoms with Crippen LogP contribution < -0.4 is 5.73 Å². The van der Waals surface area contributed by atoms with Gasteiger partial charge in [0.25, 0.3) is 0 Å². The lowest BCUT2D eigenvalue weighted by molar-refractivity contribution is 0.362. The third-order valence-electron chi connectivity index (χ3n) is 2.47. The maximum atomic E-state index is 5.68. The molecule has 16 heavy (non-hydrogen) atoms. The lowest BCUT2D eigenvalue weighted by atomic mass is 10.1. The highest BCUT2D eigenvalue weighted by Gasteiger charge is 2.13. The van der Waals surface area contributed by atoms with Crippen molar-refractivity contribution in [1.29, 1.82) is 0 Å². The highest BCUT2D eigenvalue weighted by molar-refractivity contribution is 5.60. The van der Waals surface area contributed by atoms with E-state index in [9.17, 15) is 0 Å². The molecule has 0 saturated carbocycles. The third-order valence-corrected chi connectivity index (χ3v) is 2.47. The molecular weight excluding hydrogens is 202 g/mol. The Bertz CT molecular complexity index is 503. The lowest BCUT2D eigenvalue weighted by Crippen LogP contribution is -2.04. The second kappa shape index (κ2) is 4.06. The molecule has 0 radical (unpaired) electrons. The summed E-state index contributed by atoms with van der Waals surface area (Å²) in [5.41, 5.74) is 8.97. The summed E-state index contributed by atoms with van der Waals surface area (Å²) in [5.74, 6) is 1.07. The monoisotopic (exact) mass is 217 g/mol. The van der Waals surface area contributed by atoms with Crippen LogP contribution in [0.2, 0.25) is 0 Å². The van der Waals surface area contributed by atoms with E-state index in [4.69, 9.17) is 10.3 Å². The van der Waals surface area contributed by atoms with Crippen LogP contribution in [0.5, 0.6) is 0 Å². The SMILES string of the molecule is Cc1ccc(C)c(-c2noc([C@H](C)N)n2)c1. The number of aryl methyl sites for hydroxylation is 2. The first kappa shape index (κ1) is 10.8. The highest BCUT2D eigenvalue weighted by Crippen LogP contribution is 2.22. The Kier molecular flexibility index (Phi) is 2.75. The molecule has 0 amide bonds. The molecule has 0 saturated heterocycles. The molecule has 0 aliphatic rings. The molecule has 0 bridgehead atoms. The van der Waals surface area contributed by atoms with Gasteiger partial charge in [-0.05, 0) is 32.4 Å². The minimum Gasteiger partial charge on any atom is -0.337 e. The van der Waals surface area contributed by atoms with Gasteiger partial charge in [0.2, 0.25) is 11.7 Å². The summed E-state index contributed by atoms with van der Waals surface area (Å²) in [5, 5.41) is 3.94. The van der Waals surface area contributed by atoms with Gasteiger partial charge in [-0.1, -0.05) is 22.9 Å². The Morgan fingerprint density at radius 1 is 1.31 bits per heavy atom. The molecule has 0 fully saturated rings. The van der Waals surface area contributed by atoms with Crippen LogP contribution in [0.4, 0.5) is 0 Å². The van der Waals surface area contributed by atoms with Gasteiger partial charge in [-0.2, -0.15) is 4.98 Å². The Hall–Kier alpha value is -1.68. The second-order valence-electron chi connectivity index (χ2n) is 4.06. The van der Waals surface area contributed by atoms with Gasteiger partial charge in [-0.25, -0.2) is 0 Å². The van der Waals surface area contributed by atoms with Crippen LogP contribution in [0.3, 0.4) is 0 Å². The average Bonchev–Trinajstić information content (AvgIpc) is 2.70. The van der Waals surface area contributed by atoms with Gasteiger partial charge in [0, 0.05) is 5.56 Å². The van der Waals surface area contributed by atoms with Crippen molar-refractivity contribution in [3.05, 3.63) is 35.2 Å². The summed E-state index contributed by atoms with van der Waals surface area (Å²) < 4.78 is 5.09. The first-order valence-corrected chi connectivity index (χ1v) is 5.24. The van der Waals surface area contributed by atoms with Crippen molar-refractivity contribution >= 4 is 0 Å². The van der Waals surface area contributed by atoms with Crippen molar-refractivity contribution < 1.29 is 4.52 Å². The number of aromatic nitrogens is 2. The van der Waals surface area contributed by atoms with E-state index in [0.717, 1.165) is 11.1 Å².